The van der Waals surface area contributed by atoms with Crippen molar-refractivity contribution in [1.29, 1.82) is 0 Å². The van der Waals surface area contributed by atoms with Crippen molar-refractivity contribution < 1.29 is 14.3 Å². The molecule has 2 N–H and O–H groups in total. The van der Waals surface area contributed by atoms with Gasteiger partial charge >= 0.3 is 0 Å². The molecule has 2 aromatic carbocycles. The zero-order chi connectivity index (χ0) is 22.4. The number of hydrogen-bond donors (Lipinski definition) is 1. The topological polar surface area (TPSA) is 105 Å². The molecule has 0 bridgehead atoms. The lowest BCUT2D eigenvalue weighted by Gasteiger charge is -2.28. The van der Waals surface area contributed by atoms with Crippen molar-refractivity contribution in [3.05, 3.63) is 77.3 Å². The normalized spacial score (nSPS) is 15.4. The number of methoxy groups -OCH3 is 1. The first kappa shape index (κ1) is 19.7. The molecule has 4 aromatic rings. The number of benzene rings is 2. The monoisotopic (exact) mass is 427 g/mol. The first-order chi connectivity index (χ1) is 15.5. The standard InChI is InChI=1S/C24H21N5O3/c1-13(30)19-14(2)32-24-21(20(19)15-6-10-18(31-3)11-7-15)23-27-22(28-29(23)12-26-24)16-4-8-17(25)9-5-16/h4-12,20H,25H2,1-3H3. The van der Waals surface area contributed by atoms with E-state index in [0.717, 1.165) is 16.9 Å². The van der Waals surface area contributed by atoms with E-state index >= 15 is 0 Å². The highest BCUT2D eigenvalue weighted by Gasteiger charge is 2.36. The Morgan fingerprint density at radius 1 is 1.12 bits per heavy atom. The highest BCUT2D eigenvalue weighted by Crippen LogP contribution is 2.44. The fourth-order valence-corrected chi connectivity index (χ4v) is 4.08. The summed E-state index contributed by atoms with van der Waals surface area (Å²) in [6.45, 7) is 3.33. The second kappa shape index (κ2) is 7.49. The molecule has 0 spiro atoms. The van der Waals surface area contributed by atoms with Gasteiger partial charge in [-0.05, 0) is 55.8 Å². The molecular formula is C24H21N5O3. The van der Waals surface area contributed by atoms with Gasteiger partial charge in [0.15, 0.2) is 17.3 Å². The van der Waals surface area contributed by atoms with E-state index in [0.29, 0.717) is 39.9 Å². The van der Waals surface area contributed by atoms with Crippen molar-refractivity contribution in [2.75, 3.05) is 12.8 Å². The lowest BCUT2D eigenvalue weighted by atomic mass is 9.82. The first-order valence-corrected chi connectivity index (χ1v) is 10.1. The van der Waals surface area contributed by atoms with E-state index in [1.807, 2.05) is 36.4 Å². The number of ketones is 1. The molecule has 160 valence electrons. The molecule has 0 radical (unpaired) electrons. The SMILES string of the molecule is COc1ccc(C2C(C(C)=O)=C(C)Oc3ncn4nc(-c5ccc(N)cc5)nc4c32)cc1. The van der Waals surface area contributed by atoms with Gasteiger partial charge < -0.3 is 15.2 Å². The van der Waals surface area contributed by atoms with Gasteiger partial charge in [0.25, 0.3) is 0 Å². The summed E-state index contributed by atoms with van der Waals surface area (Å²) in [6, 6.07) is 15.0. The zero-order valence-corrected chi connectivity index (χ0v) is 17.9. The number of nitrogen functional groups attached to an aromatic ring is 1. The van der Waals surface area contributed by atoms with Gasteiger partial charge in [0.2, 0.25) is 5.88 Å². The van der Waals surface area contributed by atoms with Crippen molar-refractivity contribution in [2.45, 2.75) is 19.8 Å². The number of carbonyl (C=O) groups is 1. The number of nitrogens with zero attached hydrogens (tertiary/aromatic N) is 4. The van der Waals surface area contributed by atoms with Gasteiger partial charge in [-0.15, -0.1) is 5.10 Å². The van der Waals surface area contributed by atoms with Crippen LogP contribution < -0.4 is 15.2 Å². The van der Waals surface area contributed by atoms with Crippen molar-refractivity contribution in [1.82, 2.24) is 19.6 Å². The minimum absolute atomic E-state index is 0.0748. The molecule has 0 amide bonds. The number of anilines is 1. The van der Waals surface area contributed by atoms with E-state index in [1.54, 1.807) is 43.9 Å². The molecule has 2 aromatic heterocycles. The van der Waals surface area contributed by atoms with E-state index in [-0.39, 0.29) is 5.78 Å². The predicted molar refractivity (Wildman–Crippen MR) is 119 cm³/mol. The number of Topliss-reactive ketones (excluding diaryl/α,β-unsaturated/α-hetero) is 1. The van der Waals surface area contributed by atoms with E-state index in [2.05, 4.69) is 10.1 Å². The van der Waals surface area contributed by atoms with Gasteiger partial charge in [0, 0.05) is 22.7 Å². The Bertz CT molecular complexity index is 1370. The van der Waals surface area contributed by atoms with Crippen LogP contribution in [0.2, 0.25) is 0 Å². The third kappa shape index (κ3) is 3.17. The smallest absolute Gasteiger partial charge is 0.228 e. The largest absolute Gasteiger partial charge is 0.497 e. The average molecular weight is 427 g/mol. The zero-order valence-electron chi connectivity index (χ0n) is 17.9. The Labute approximate surface area is 184 Å². The lowest BCUT2D eigenvalue weighted by molar-refractivity contribution is -0.114. The van der Waals surface area contributed by atoms with Crippen molar-refractivity contribution >= 4 is 17.1 Å². The third-order valence-electron chi connectivity index (χ3n) is 5.59. The Hall–Kier alpha value is -4.20. The van der Waals surface area contributed by atoms with Crippen molar-refractivity contribution in [3.63, 3.8) is 0 Å². The summed E-state index contributed by atoms with van der Waals surface area (Å²) in [5.74, 6) is 1.73. The number of aromatic nitrogens is 4. The summed E-state index contributed by atoms with van der Waals surface area (Å²) in [4.78, 5) is 21.9. The summed E-state index contributed by atoms with van der Waals surface area (Å²) < 4.78 is 12.9. The predicted octanol–water partition coefficient (Wildman–Crippen LogP) is 3.77. The van der Waals surface area contributed by atoms with Gasteiger partial charge in [0.05, 0.1) is 12.7 Å². The van der Waals surface area contributed by atoms with Gasteiger partial charge in [-0.2, -0.15) is 0 Å². The lowest BCUT2D eigenvalue weighted by Crippen LogP contribution is -2.22. The number of rotatable bonds is 4. The molecule has 3 heterocycles. The molecule has 1 unspecified atom stereocenters. The fraction of sp³-hybridized carbons (Fsp3) is 0.167. The summed E-state index contributed by atoms with van der Waals surface area (Å²) in [6.07, 6.45) is 1.57. The number of hydrogen-bond acceptors (Lipinski definition) is 7. The number of carbonyl (C=O) groups excluding carboxylic acids is 1. The molecule has 1 aliphatic heterocycles. The highest BCUT2D eigenvalue weighted by molar-refractivity contribution is 5.97. The Morgan fingerprint density at radius 3 is 2.50 bits per heavy atom. The highest BCUT2D eigenvalue weighted by atomic mass is 16.5. The molecule has 0 saturated heterocycles. The molecule has 0 saturated carbocycles. The van der Waals surface area contributed by atoms with Crippen LogP contribution in [-0.2, 0) is 4.79 Å². The molecule has 1 atom stereocenters. The van der Waals surface area contributed by atoms with Crippen molar-refractivity contribution in [3.8, 4) is 23.0 Å². The van der Waals surface area contributed by atoms with Gasteiger partial charge in [-0.25, -0.2) is 14.5 Å². The molecule has 1 aliphatic rings. The summed E-state index contributed by atoms with van der Waals surface area (Å²) in [5.41, 5.74) is 10.1. The van der Waals surface area contributed by atoms with E-state index < -0.39 is 5.92 Å². The van der Waals surface area contributed by atoms with Crippen LogP contribution in [0, 0.1) is 0 Å². The van der Waals surface area contributed by atoms with Gasteiger partial charge in [0.1, 0.15) is 17.8 Å². The average Bonchev–Trinajstić information content (AvgIpc) is 3.23. The van der Waals surface area contributed by atoms with Crippen LogP contribution in [-0.4, -0.2) is 32.5 Å². The minimum Gasteiger partial charge on any atom is -0.497 e. The summed E-state index contributed by atoms with van der Waals surface area (Å²) in [5, 5.41) is 4.59. The quantitative estimate of drug-likeness (QED) is 0.494. The first-order valence-electron chi connectivity index (χ1n) is 10.1. The Kier molecular flexibility index (Phi) is 4.62. The van der Waals surface area contributed by atoms with Crippen LogP contribution in [0.25, 0.3) is 17.0 Å². The van der Waals surface area contributed by atoms with Gasteiger partial charge in [-0.1, -0.05) is 12.1 Å². The second-order valence-electron chi connectivity index (χ2n) is 7.62. The maximum Gasteiger partial charge on any atom is 0.228 e. The maximum atomic E-state index is 12.7. The number of fused-ring (bicyclic) bond motifs is 3. The van der Waals surface area contributed by atoms with Crippen LogP contribution in [0.15, 0.2) is 66.2 Å². The molecule has 32 heavy (non-hydrogen) atoms. The van der Waals surface area contributed by atoms with Crippen LogP contribution in [0.3, 0.4) is 0 Å². The number of nitrogens with two attached hydrogens (primary N) is 1. The van der Waals surface area contributed by atoms with Crippen molar-refractivity contribution in [2.24, 2.45) is 0 Å². The van der Waals surface area contributed by atoms with E-state index in [9.17, 15) is 4.79 Å². The minimum atomic E-state index is -0.401. The Morgan fingerprint density at radius 2 is 1.84 bits per heavy atom. The summed E-state index contributed by atoms with van der Waals surface area (Å²) in [7, 11) is 1.62. The summed E-state index contributed by atoms with van der Waals surface area (Å²) >= 11 is 0. The van der Waals surface area contributed by atoms with Crippen LogP contribution >= 0.6 is 0 Å². The molecule has 8 heteroatoms. The molecule has 0 fully saturated rings. The van der Waals surface area contributed by atoms with Crippen LogP contribution in [0.1, 0.15) is 30.9 Å². The van der Waals surface area contributed by atoms with Crippen LogP contribution in [0.5, 0.6) is 11.6 Å². The molecular weight excluding hydrogens is 406 g/mol. The van der Waals surface area contributed by atoms with E-state index in [1.165, 1.54) is 0 Å². The fourth-order valence-electron chi connectivity index (χ4n) is 4.08. The number of ether oxygens (including phenoxy) is 2. The maximum absolute atomic E-state index is 12.7. The molecule has 0 aliphatic carbocycles. The van der Waals surface area contributed by atoms with Gasteiger partial charge in [-0.3, -0.25) is 4.79 Å². The van der Waals surface area contributed by atoms with Crippen LogP contribution in [0.4, 0.5) is 5.69 Å². The number of allylic oxidation sites excluding steroid dienone is 2. The molecule has 8 nitrogen and oxygen atoms in total. The molecule has 5 rings (SSSR count). The second-order valence-corrected chi connectivity index (χ2v) is 7.62. The third-order valence-corrected chi connectivity index (χ3v) is 5.59. The Balaban J connectivity index is 1.74. The van der Waals surface area contributed by atoms with E-state index in [4.69, 9.17) is 20.2 Å².